The molecular weight excluding hydrogens is 276 g/mol. The van der Waals surface area contributed by atoms with E-state index < -0.39 is 0 Å². The number of amides is 1. The maximum atomic E-state index is 12.2. The monoisotopic (exact) mass is 296 g/mol. The van der Waals surface area contributed by atoms with Crippen molar-refractivity contribution in [2.75, 3.05) is 6.54 Å². The topological polar surface area (TPSA) is 51.0 Å². The molecule has 22 heavy (non-hydrogen) atoms. The average molecular weight is 296 g/mol. The summed E-state index contributed by atoms with van der Waals surface area (Å²) < 4.78 is 1.75. The molecule has 114 valence electrons. The molecule has 0 N–H and O–H groups in total. The van der Waals surface area contributed by atoms with Crippen LogP contribution in [-0.4, -0.2) is 32.3 Å². The fourth-order valence-electron chi connectivity index (χ4n) is 2.94. The molecule has 0 saturated carbocycles. The van der Waals surface area contributed by atoms with Crippen LogP contribution in [0.4, 0.5) is 0 Å². The molecule has 1 aromatic heterocycles. The van der Waals surface area contributed by atoms with Crippen LogP contribution in [0.3, 0.4) is 0 Å². The Hall–Kier alpha value is -2.43. The number of carbonyl (C=O) groups excluding carboxylic acids is 1. The lowest BCUT2D eigenvalue weighted by Gasteiger charge is -2.24. The quantitative estimate of drug-likeness (QED) is 0.629. The SMILES string of the molecule is C=CC(=O)N(Cc1cccc2c1nnn2C)CC1C=CCC1. The van der Waals surface area contributed by atoms with E-state index in [0.717, 1.165) is 36.0 Å². The van der Waals surface area contributed by atoms with Gasteiger partial charge in [-0.2, -0.15) is 0 Å². The lowest BCUT2D eigenvalue weighted by atomic mass is 10.1. The van der Waals surface area contributed by atoms with Crippen LogP contribution in [-0.2, 0) is 18.4 Å². The van der Waals surface area contributed by atoms with Gasteiger partial charge in [0, 0.05) is 25.7 Å². The molecule has 0 aliphatic heterocycles. The van der Waals surface area contributed by atoms with Crippen LogP contribution in [0.1, 0.15) is 18.4 Å². The Morgan fingerprint density at radius 3 is 3.14 bits per heavy atom. The molecule has 0 saturated heterocycles. The lowest BCUT2D eigenvalue weighted by molar-refractivity contribution is -0.127. The Kier molecular flexibility index (Phi) is 4.04. The molecule has 1 aliphatic carbocycles. The molecule has 5 heteroatoms. The van der Waals surface area contributed by atoms with Crippen LogP contribution < -0.4 is 0 Å². The molecule has 0 bridgehead atoms. The Labute approximate surface area is 129 Å². The van der Waals surface area contributed by atoms with Gasteiger partial charge in [-0.1, -0.05) is 36.1 Å². The van der Waals surface area contributed by atoms with Crippen molar-refractivity contribution in [3.8, 4) is 0 Å². The Morgan fingerprint density at radius 2 is 2.41 bits per heavy atom. The normalized spacial score (nSPS) is 17.0. The molecule has 0 fully saturated rings. The van der Waals surface area contributed by atoms with Gasteiger partial charge in [0.05, 0.1) is 5.52 Å². The largest absolute Gasteiger partial charge is 0.334 e. The van der Waals surface area contributed by atoms with Crippen molar-refractivity contribution >= 4 is 16.9 Å². The first-order chi connectivity index (χ1) is 10.7. The highest BCUT2D eigenvalue weighted by atomic mass is 16.2. The zero-order chi connectivity index (χ0) is 15.5. The number of hydrogen-bond acceptors (Lipinski definition) is 3. The fourth-order valence-corrected chi connectivity index (χ4v) is 2.94. The number of allylic oxidation sites excluding steroid dienone is 1. The summed E-state index contributed by atoms with van der Waals surface area (Å²) in [5, 5.41) is 8.29. The van der Waals surface area contributed by atoms with Crippen LogP contribution >= 0.6 is 0 Å². The number of aryl methyl sites for hydroxylation is 1. The number of fused-ring (bicyclic) bond motifs is 1. The van der Waals surface area contributed by atoms with E-state index in [9.17, 15) is 4.79 Å². The molecule has 0 spiro atoms. The highest BCUT2D eigenvalue weighted by Crippen LogP contribution is 2.22. The standard InChI is InChI=1S/C17H20N4O/c1-3-16(22)21(11-13-7-4-5-8-13)12-14-9-6-10-15-17(14)18-19-20(15)2/h3-4,6-7,9-10,13H,1,5,8,11-12H2,2H3. The van der Waals surface area contributed by atoms with Gasteiger partial charge in [-0.3, -0.25) is 4.79 Å². The molecule has 1 amide bonds. The number of aromatic nitrogens is 3. The van der Waals surface area contributed by atoms with Gasteiger partial charge < -0.3 is 4.90 Å². The zero-order valence-electron chi connectivity index (χ0n) is 12.8. The highest BCUT2D eigenvalue weighted by Gasteiger charge is 2.19. The van der Waals surface area contributed by atoms with Crippen molar-refractivity contribution in [1.29, 1.82) is 0 Å². The highest BCUT2D eigenvalue weighted by molar-refractivity contribution is 5.87. The third-order valence-electron chi connectivity index (χ3n) is 4.14. The van der Waals surface area contributed by atoms with E-state index in [0.29, 0.717) is 12.5 Å². The second-order valence-electron chi connectivity index (χ2n) is 5.69. The Morgan fingerprint density at radius 1 is 1.55 bits per heavy atom. The van der Waals surface area contributed by atoms with E-state index in [1.165, 1.54) is 6.08 Å². The molecule has 1 unspecified atom stereocenters. The van der Waals surface area contributed by atoms with E-state index in [-0.39, 0.29) is 5.91 Å². The van der Waals surface area contributed by atoms with Gasteiger partial charge >= 0.3 is 0 Å². The summed E-state index contributed by atoms with van der Waals surface area (Å²) >= 11 is 0. The molecule has 1 atom stereocenters. The maximum Gasteiger partial charge on any atom is 0.246 e. The number of benzene rings is 1. The second kappa shape index (κ2) is 6.13. The minimum Gasteiger partial charge on any atom is -0.334 e. The second-order valence-corrected chi connectivity index (χ2v) is 5.69. The summed E-state index contributed by atoms with van der Waals surface area (Å²) in [5.74, 6) is 0.395. The van der Waals surface area contributed by atoms with E-state index in [1.807, 2.05) is 30.1 Å². The van der Waals surface area contributed by atoms with Crippen LogP contribution in [0, 0.1) is 5.92 Å². The summed E-state index contributed by atoms with van der Waals surface area (Å²) in [6, 6.07) is 5.97. The van der Waals surface area contributed by atoms with Gasteiger partial charge in [0.15, 0.2) is 0 Å². The van der Waals surface area contributed by atoms with E-state index in [1.54, 1.807) is 4.68 Å². The van der Waals surface area contributed by atoms with Gasteiger partial charge in [0.25, 0.3) is 0 Å². The van der Waals surface area contributed by atoms with Gasteiger partial charge in [-0.15, -0.1) is 5.10 Å². The Bertz CT molecular complexity index is 731. The maximum absolute atomic E-state index is 12.2. The molecule has 5 nitrogen and oxygen atoms in total. The van der Waals surface area contributed by atoms with Gasteiger partial charge in [0.1, 0.15) is 5.52 Å². The van der Waals surface area contributed by atoms with E-state index in [2.05, 4.69) is 29.0 Å². The average Bonchev–Trinajstić information content (AvgIpc) is 3.17. The molecule has 2 aromatic rings. The van der Waals surface area contributed by atoms with Crippen LogP contribution in [0.25, 0.3) is 11.0 Å². The first-order valence-electron chi connectivity index (χ1n) is 7.54. The molecule has 0 radical (unpaired) electrons. The smallest absolute Gasteiger partial charge is 0.246 e. The molecule has 3 rings (SSSR count). The molecular formula is C17H20N4O. The van der Waals surface area contributed by atoms with Gasteiger partial charge in [0.2, 0.25) is 5.91 Å². The predicted molar refractivity (Wildman–Crippen MR) is 86.0 cm³/mol. The van der Waals surface area contributed by atoms with Crippen LogP contribution in [0.5, 0.6) is 0 Å². The summed E-state index contributed by atoms with van der Waals surface area (Å²) in [6.45, 7) is 4.88. The summed E-state index contributed by atoms with van der Waals surface area (Å²) in [5.41, 5.74) is 2.85. The predicted octanol–water partition coefficient (Wildman–Crippen LogP) is 2.45. The van der Waals surface area contributed by atoms with Crippen molar-refractivity contribution in [2.45, 2.75) is 19.4 Å². The first-order valence-corrected chi connectivity index (χ1v) is 7.54. The fraction of sp³-hybridized carbons (Fsp3) is 0.353. The molecule has 1 aliphatic rings. The third kappa shape index (κ3) is 2.79. The van der Waals surface area contributed by atoms with Crippen molar-refractivity contribution in [3.63, 3.8) is 0 Å². The van der Waals surface area contributed by atoms with Crippen LogP contribution in [0.15, 0.2) is 43.0 Å². The lowest BCUT2D eigenvalue weighted by Crippen LogP contribution is -2.33. The third-order valence-corrected chi connectivity index (χ3v) is 4.14. The first kappa shape index (κ1) is 14.5. The number of hydrogen-bond donors (Lipinski definition) is 0. The van der Waals surface area contributed by atoms with Crippen molar-refractivity contribution in [1.82, 2.24) is 19.9 Å². The molecule has 1 heterocycles. The molecule has 1 aromatic carbocycles. The van der Waals surface area contributed by atoms with E-state index in [4.69, 9.17) is 0 Å². The van der Waals surface area contributed by atoms with Crippen molar-refractivity contribution < 1.29 is 4.79 Å². The minimum atomic E-state index is -0.0406. The Balaban J connectivity index is 1.86. The van der Waals surface area contributed by atoms with Crippen molar-refractivity contribution in [3.05, 3.63) is 48.6 Å². The number of rotatable bonds is 5. The minimum absolute atomic E-state index is 0.0406. The number of carbonyl (C=O) groups is 1. The van der Waals surface area contributed by atoms with Crippen LogP contribution in [0.2, 0.25) is 0 Å². The number of nitrogens with zero attached hydrogens (tertiary/aromatic N) is 4. The van der Waals surface area contributed by atoms with Crippen molar-refractivity contribution in [2.24, 2.45) is 13.0 Å². The van der Waals surface area contributed by atoms with Gasteiger partial charge in [-0.25, -0.2) is 4.68 Å². The summed E-state index contributed by atoms with van der Waals surface area (Å²) in [7, 11) is 1.87. The van der Waals surface area contributed by atoms with E-state index >= 15 is 0 Å². The van der Waals surface area contributed by atoms with Gasteiger partial charge in [-0.05, 0) is 30.9 Å². The summed E-state index contributed by atoms with van der Waals surface area (Å²) in [4.78, 5) is 14.0. The summed E-state index contributed by atoms with van der Waals surface area (Å²) in [6.07, 6.45) is 7.98. The zero-order valence-corrected chi connectivity index (χ0v) is 12.8.